The Balaban J connectivity index is 2.07. The van der Waals surface area contributed by atoms with Crippen molar-refractivity contribution in [2.45, 2.75) is 19.9 Å². The van der Waals surface area contributed by atoms with Crippen LogP contribution in [0, 0.1) is 18.8 Å². The average Bonchev–Trinajstić information content (AvgIpc) is 3.00. The van der Waals surface area contributed by atoms with Gasteiger partial charge < -0.3 is 14.9 Å². The van der Waals surface area contributed by atoms with Crippen LogP contribution in [0.15, 0.2) is 35.0 Å². The first-order chi connectivity index (χ1) is 10.2. The summed E-state index contributed by atoms with van der Waals surface area (Å²) < 4.78 is 4.92. The zero-order valence-corrected chi connectivity index (χ0v) is 11.7. The van der Waals surface area contributed by atoms with E-state index in [0.717, 1.165) is 11.1 Å². The summed E-state index contributed by atoms with van der Waals surface area (Å²) in [4.78, 5) is 12.1. The molecule has 5 heteroatoms. The molecule has 2 aromatic rings. The fraction of sp³-hybridized carbons (Fsp3) is 0.250. The molecule has 0 spiro atoms. The lowest BCUT2D eigenvalue weighted by Gasteiger charge is -2.05. The van der Waals surface area contributed by atoms with Crippen LogP contribution in [0.3, 0.4) is 0 Å². The Bertz CT molecular complexity index is 667. The normalized spacial score (nSPS) is 9.81. The molecule has 0 aliphatic carbocycles. The number of hydrogen-bond donors (Lipinski definition) is 2. The van der Waals surface area contributed by atoms with Crippen LogP contribution in [0.5, 0.6) is 0 Å². The van der Waals surface area contributed by atoms with E-state index < -0.39 is 0 Å². The fourth-order valence-corrected chi connectivity index (χ4v) is 1.71. The number of carbonyl (C=O) groups is 1. The fourth-order valence-electron chi connectivity index (χ4n) is 1.71. The van der Waals surface area contributed by atoms with Crippen LogP contribution in [-0.2, 0) is 6.54 Å². The molecule has 0 fully saturated rings. The second-order valence-electron chi connectivity index (χ2n) is 4.47. The summed E-state index contributed by atoms with van der Waals surface area (Å²) >= 11 is 0. The SMILES string of the molecule is Cc1ccc(C(=O)NCc2ccno2)cc1C#CCCO. The maximum Gasteiger partial charge on any atom is 0.251 e. The predicted octanol–water partition coefficient (Wildman–Crippen LogP) is 1.65. The Morgan fingerprint density at radius 3 is 3.00 bits per heavy atom. The molecule has 108 valence electrons. The van der Waals surface area contributed by atoms with Gasteiger partial charge in [-0.05, 0) is 24.6 Å². The van der Waals surface area contributed by atoms with E-state index in [2.05, 4.69) is 22.3 Å². The maximum atomic E-state index is 12.1. The molecular weight excluding hydrogens is 268 g/mol. The summed E-state index contributed by atoms with van der Waals surface area (Å²) in [6, 6.07) is 7.05. The van der Waals surface area contributed by atoms with E-state index in [1.165, 1.54) is 6.20 Å². The van der Waals surface area contributed by atoms with Crippen LogP contribution in [0.25, 0.3) is 0 Å². The lowest BCUT2D eigenvalue weighted by atomic mass is 10.0. The lowest BCUT2D eigenvalue weighted by molar-refractivity contribution is 0.0947. The standard InChI is InChI=1S/C16H16N2O3/c1-12-5-6-14(10-13(12)4-2-3-9-19)16(20)17-11-15-7-8-18-21-15/h5-8,10,19H,3,9,11H2,1H3,(H,17,20). The smallest absolute Gasteiger partial charge is 0.251 e. The van der Waals surface area contributed by atoms with Crippen LogP contribution < -0.4 is 5.32 Å². The van der Waals surface area contributed by atoms with Crippen LogP contribution in [0.2, 0.25) is 0 Å². The quantitative estimate of drug-likeness (QED) is 0.837. The van der Waals surface area contributed by atoms with Gasteiger partial charge in [-0.1, -0.05) is 23.1 Å². The third-order valence-electron chi connectivity index (χ3n) is 2.87. The Morgan fingerprint density at radius 1 is 1.43 bits per heavy atom. The molecule has 5 nitrogen and oxygen atoms in total. The monoisotopic (exact) mass is 284 g/mol. The Kier molecular flexibility index (Phi) is 5.13. The van der Waals surface area contributed by atoms with Gasteiger partial charge >= 0.3 is 0 Å². The molecule has 1 amide bonds. The lowest BCUT2D eigenvalue weighted by Crippen LogP contribution is -2.22. The number of aryl methyl sites for hydroxylation is 1. The minimum Gasteiger partial charge on any atom is -0.395 e. The number of carbonyl (C=O) groups excluding carboxylic acids is 1. The van der Waals surface area contributed by atoms with Gasteiger partial charge in [0.1, 0.15) is 0 Å². The number of aliphatic hydroxyl groups is 1. The minimum atomic E-state index is -0.198. The van der Waals surface area contributed by atoms with E-state index in [0.29, 0.717) is 17.7 Å². The molecular formula is C16H16N2O3. The van der Waals surface area contributed by atoms with Crippen molar-refractivity contribution in [2.75, 3.05) is 6.61 Å². The number of aliphatic hydroxyl groups excluding tert-OH is 1. The predicted molar refractivity (Wildman–Crippen MR) is 77.4 cm³/mol. The highest BCUT2D eigenvalue weighted by atomic mass is 16.5. The van der Waals surface area contributed by atoms with Gasteiger partial charge in [-0.25, -0.2) is 0 Å². The Labute approximate surface area is 123 Å². The number of benzene rings is 1. The summed E-state index contributed by atoms with van der Waals surface area (Å²) in [6.07, 6.45) is 1.95. The molecule has 21 heavy (non-hydrogen) atoms. The van der Waals surface area contributed by atoms with Crippen molar-refractivity contribution in [3.05, 3.63) is 52.9 Å². The van der Waals surface area contributed by atoms with E-state index >= 15 is 0 Å². The number of amides is 1. The van der Waals surface area contributed by atoms with Crippen molar-refractivity contribution in [3.8, 4) is 11.8 Å². The zero-order chi connectivity index (χ0) is 15.1. The van der Waals surface area contributed by atoms with Crippen LogP contribution in [0.1, 0.15) is 33.7 Å². The van der Waals surface area contributed by atoms with Gasteiger partial charge in [0.25, 0.3) is 5.91 Å². The number of rotatable bonds is 4. The molecule has 0 radical (unpaired) electrons. The largest absolute Gasteiger partial charge is 0.395 e. The molecule has 0 aliphatic rings. The zero-order valence-electron chi connectivity index (χ0n) is 11.7. The third kappa shape index (κ3) is 4.20. The van der Waals surface area contributed by atoms with Crippen molar-refractivity contribution in [1.29, 1.82) is 0 Å². The Morgan fingerprint density at radius 2 is 2.29 bits per heavy atom. The Hall–Kier alpha value is -2.58. The number of nitrogens with zero attached hydrogens (tertiary/aromatic N) is 1. The van der Waals surface area contributed by atoms with E-state index in [-0.39, 0.29) is 19.1 Å². The molecule has 1 aromatic carbocycles. The van der Waals surface area contributed by atoms with Gasteiger partial charge in [0, 0.05) is 23.6 Å². The molecule has 2 rings (SSSR count). The first-order valence-electron chi connectivity index (χ1n) is 6.59. The molecule has 0 saturated heterocycles. The molecule has 2 N–H and O–H groups in total. The second kappa shape index (κ2) is 7.27. The van der Waals surface area contributed by atoms with E-state index in [1.54, 1.807) is 18.2 Å². The molecule has 0 unspecified atom stereocenters. The molecule has 0 saturated carbocycles. The molecule has 1 heterocycles. The molecule has 0 aliphatic heterocycles. The first kappa shape index (κ1) is 14.8. The maximum absolute atomic E-state index is 12.1. The van der Waals surface area contributed by atoms with Crippen molar-refractivity contribution < 1.29 is 14.4 Å². The summed E-state index contributed by atoms with van der Waals surface area (Å²) in [5.41, 5.74) is 2.32. The van der Waals surface area contributed by atoms with Crippen LogP contribution in [-0.4, -0.2) is 22.8 Å². The number of hydrogen-bond acceptors (Lipinski definition) is 4. The van der Waals surface area contributed by atoms with Gasteiger partial charge in [-0.2, -0.15) is 0 Å². The van der Waals surface area contributed by atoms with E-state index in [4.69, 9.17) is 9.63 Å². The topological polar surface area (TPSA) is 75.4 Å². The molecule has 0 bridgehead atoms. The van der Waals surface area contributed by atoms with Gasteiger partial charge in [0.2, 0.25) is 0 Å². The van der Waals surface area contributed by atoms with Gasteiger partial charge in [-0.3, -0.25) is 4.79 Å². The summed E-state index contributed by atoms with van der Waals surface area (Å²) in [5, 5.41) is 15.1. The number of nitrogens with one attached hydrogen (secondary N) is 1. The number of aromatic nitrogens is 1. The van der Waals surface area contributed by atoms with Crippen molar-refractivity contribution >= 4 is 5.91 Å². The van der Waals surface area contributed by atoms with Crippen LogP contribution >= 0.6 is 0 Å². The first-order valence-corrected chi connectivity index (χ1v) is 6.59. The third-order valence-corrected chi connectivity index (χ3v) is 2.87. The molecule has 1 aromatic heterocycles. The van der Waals surface area contributed by atoms with E-state index in [1.807, 2.05) is 13.0 Å². The van der Waals surface area contributed by atoms with Gasteiger partial charge in [-0.15, -0.1) is 0 Å². The van der Waals surface area contributed by atoms with Crippen molar-refractivity contribution in [2.24, 2.45) is 0 Å². The van der Waals surface area contributed by atoms with E-state index in [9.17, 15) is 4.79 Å². The molecule has 0 atom stereocenters. The van der Waals surface area contributed by atoms with Crippen molar-refractivity contribution in [1.82, 2.24) is 10.5 Å². The second-order valence-corrected chi connectivity index (χ2v) is 4.47. The summed E-state index contributed by atoms with van der Waals surface area (Å²) in [5.74, 6) is 6.22. The average molecular weight is 284 g/mol. The highest BCUT2D eigenvalue weighted by Gasteiger charge is 2.08. The van der Waals surface area contributed by atoms with Crippen LogP contribution in [0.4, 0.5) is 0 Å². The highest BCUT2D eigenvalue weighted by Crippen LogP contribution is 2.10. The van der Waals surface area contributed by atoms with Gasteiger partial charge in [0.15, 0.2) is 5.76 Å². The minimum absolute atomic E-state index is 0.0312. The van der Waals surface area contributed by atoms with Gasteiger partial charge in [0.05, 0.1) is 19.3 Å². The van der Waals surface area contributed by atoms with Crippen molar-refractivity contribution in [3.63, 3.8) is 0 Å². The summed E-state index contributed by atoms with van der Waals surface area (Å²) in [7, 11) is 0. The summed E-state index contributed by atoms with van der Waals surface area (Å²) in [6.45, 7) is 2.25. The highest BCUT2D eigenvalue weighted by molar-refractivity contribution is 5.94.